The number of rotatable bonds is 5. The van der Waals surface area contributed by atoms with E-state index in [9.17, 15) is 4.79 Å². The van der Waals surface area contributed by atoms with E-state index in [2.05, 4.69) is 10.1 Å². The summed E-state index contributed by atoms with van der Waals surface area (Å²) in [5.74, 6) is -0.176. The molecule has 0 radical (unpaired) electrons. The van der Waals surface area contributed by atoms with Crippen LogP contribution in [-0.2, 0) is 16.3 Å². The largest absolute Gasteiger partial charge is 0.480 e. The van der Waals surface area contributed by atoms with Gasteiger partial charge in [-0.15, -0.1) is 0 Å². The highest BCUT2D eigenvalue weighted by Gasteiger charge is 2.07. The number of hydrogen-bond donors (Lipinski definition) is 0. The van der Waals surface area contributed by atoms with Gasteiger partial charge in [0, 0.05) is 5.02 Å². The summed E-state index contributed by atoms with van der Waals surface area (Å²) < 4.78 is 11.5. The molecule has 2 aromatic rings. The predicted molar refractivity (Wildman–Crippen MR) is 68.1 cm³/mol. The summed E-state index contributed by atoms with van der Waals surface area (Å²) in [5, 5.41) is 4.60. The van der Waals surface area contributed by atoms with Gasteiger partial charge >= 0.3 is 5.97 Å². The quantitative estimate of drug-likeness (QED) is 0.792. The number of halogens is 2. The van der Waals surface area contributed by atoms with Gasteiger partial charge in [-0.25, -0.2) is 14.5 Å². The van der Waals surface area contributed by atoms with Crippen LogP contribution in [-0.4, -0.2) is 27.3 Å². The lowest BCUT2D eigenvalue weighted by molar-refractivity contribution is -0.150. The number of carbonyl (C=O) groups excluding carboxylic acids is 1. The molecule has 0 aliphatic carbocycles. The van der Waals surface area contributed by atoms with Crippen molar-refractivity contribution in [2.75, 3.05) is 6.61 Å². The van der Waals surface area contributed by atoms with Gasteiger partial charge in [-0.2, -0.15) is 5.10 Å². The highest BCUT2D eigenvalue weighted by Crippen LogP contribution is 2.27. The zero-order valence-corrected chi connectivity index (χ0v) is 11.1. The number of aromatic nitrogens is 3. The van der Waals surface area contributed by atoms with Crippen molar-refractivity contribution in [3.8, 4) is 5.75 Å². The molecular formula is C11H9Cl2N3O3. The van der Waals surface area contributed by atoms with Gasteiger partial charge in [0.2, 0.25) is 0 Å². The topological polar surface area (TPSA) is 66.2 Å². The van der Waals surface area contributed by atoms with E-state index < -0.39 is 5.97 Å². The second-order valence-electron chi connectivity index (χ2n) is 3.44. The second kappa shape index (κ2) is 6.40. The first-order valence-corrected chi connectivity index (χ1v) is 5.96. The number of ether oxygens (including phenoxy) is 2. The van der Waals surface area contributed by atoms with Crippen LogP contribution in [0.15, 0.2) is 30.9 Å². The van der Waals surface area contributed by atoms with Gasteiger partial charge in [0.25, 0.3) is 0 Å². The molecule has 1 heterocycles. The maximum atomic E-state index is 11.4. The van der Waals surface area contributed by atoms with Crippen molar-refractivity contribution in [1.82, 2.24) is 14.8 Å². The lowest BCUT2D eigenvalue weighted by Crippen LogP contribution is -2.17. The first-order chi connectivity index (χ1) is 9.15. The summed E-state index contributed by atoms with van der Waals surface area (Å²) in [5.41, 5.74) is 0. The Labute approximate surface area is 118 Å². The number of benzene rings is 1. The normalized spacial score (nSPS) is 10.2. The van der Waals surface area contributed by atoms with Crippen molar-refractivity contribution in [2.45, 2.75) is 6.73 Å². The van der Waals surface area contributed by atoms with Crippen LogP contribution in [0.2, 0.25) is 10.0 Å². The van der Waals surface area contributed by atoms with Crippen LogP contribution in [0.3, 0.4) is 0 Å². The van der Waals surface area contributed by atoms with E-state index in [-0.39, 0.29) is 13.3 Å². The van der Waals surface area contributed by atoms with Crippen LogP contribution in [0.25, 0.3) is 0 Å². The Hall–Kier alpha value is -1.79. The van der Waals surface area contributed by atoms with Crippen molar-refractivity contribution >= 4 is 29.2 Å². The van der Waals surface area contributed by atoms with Gasteiger partial charge in [0.15, 0.2) is 13.3 Å². The summed E-state index contributed by atoms with van der Waals surface area (Å²) >= 11 is 11.6. The van der Waals surface area contributed by atoms with Crippen molar-refractivity contribution in [2.24, 2.45) is 0 Å². The molecule has 0 amide bonds. The van der Waals surface area contributed by atoms with Crippen molar-refractivity contribution in [1.29, 1.82) is 0 Å². The van der Waals surface area contributed by atoms with E-state index in [1.54, 1.807) is 12.1 Å². The highest BCUT2D eigenvalue weighted by molar-refractivity contribution is 6.35. The Morgan fingerprint density at radius 1 is 1.37 bits per heavy atom. The SMILES string of the molecule is O=C(COc1ccc(Cl)cc1Cl)OCn1cncn1. The summed E-state index contributed by atoms with van der Waals surface area (Å²) in [4.78, 5) is 15.1. The fourth-order valence-corrected chi connectivity index (χ4v) is 1.67. The monoisotopic (exact) mass is 301 g/mol. The lowest BCUT2D eigenvalue weighted by Gasteiger charge is -2.08. The summed E-state index contributed by atoms with van der Waals surface area (Å²) in [6, 6.07) is 4.72. The van der Waals surface area contributed by atoms with Gasteiger partial charge in [-0.05, 0) is 18.2 Å². The molecule has 0 aliphatic rings. The van der Waals surface area contributed by atoms with Crippen molar-refractivity contribution in [3.05, 3.63) is 40.9 Å². The minimum absolute atomic E-state index is 0.0173. The van der Waals surface area contributed by atoms with Crippen LogP contribution in [0.4, 0.5) is 0 Å². The van der Waals surface area contributed by atoms with Crippen LogP contribution < -0.4 is 4.74 Å². The molecule has 2 rings (SSSR count). The molecular weight excluding hydrogens is 293 g/mol. The lowest BCUT2D eigenvalue weighted by atomic mass is 10.3. The van der Waals surface area contributed by atoms with Gasteiger partial charge in [-0.1, -0.05) is 23.2 Å². The van der Waals surface area contributed by atoms with Gasteiger partial charge < -0.3 is 9.47 Å². The fraction of sp³-hybridized carbons (Fsp3) is 0.182. The zero-order chi connectivity index (χ0) is 13.7. The van der Waals surface area contributed by atoms with E-state index >= 15 is 0 Å². The number of nitrogens with zero attached hydrogens (tertiary/aromatic N) is 3. The number of hydrogen-bond acceptors (Lipinski definition) is 5. The Kier molecular flexibility index (Phi) is 4.59. The number of carbonyl (C=O) groups is 1. The van der Waals surface area contributed by atoms with Gasteiger partial charge in [-0.3, -0.25) is 0 Å². The third-order valence-corrected chi connectivity index (χ3v) is 2.59. The van der Waals surface area contributed by atoms with Crippen molar-refractivity contribution < 1.29 is 14.3 Å². The maximum absolute atomic E-state index is 11.4. The Morgan fingerprint density at radius 3 is 2.89 bits per heavy atom. The van der Waals surface area contributed by atoms with Gasteiger partial charge in [0.05, 0.1) is 5.02 Å². The average molecular weight is 302 g/mol. The first kappa shape index (κ1) is 13.6. The molecule has 0 saturated heterocycles. The Balaban J connectivity index is 1.80. The molecule has 0 spiro atoms. The second-order valence-corrected chi connectivity index (χ2v) is 4.29. The third-order valence-electron chi connectivity index (χ3n) is 2.06. The third kappa shape index (κ3) is 4.11. The highest BCUT2D eigenvalue weighted by atomic mass is 35.5. The van der Waals surface area contributed by atoms with Crippen LogP contribution in [0.1, 0.15) is 0 Å². The van der Waals surface area contributed by atoms with E-state index in [1.807, 2.05) is 0 Å². The van der Waals surface area contributed by atoms with E-state index in [0.29, 0.717) is 15.8 Å². The molecule has 0 aliphatic heterocycles. The Bertz CT molecular complexity index is 560. The van der Waals surface area contributed by atoms with Crippen molar-refractivity contribution in [3.63, 3.8) is 0 Å². The summed E-state index contributed by atoms with van der Waals surface area (Å²) in [7, 11) is 0. The van der Waals surface area contributed by atoms with Crippen LogP contribution >= 0.6 is 23.2 Å². The molecule has 1 aromatic carbocycles. The van der Waals surface area contributed by atoms with E-state index in [1.165, 1.54) is 23.4 Å². The minimum atomic E-state index is -0.540. The average Bonchev–Trinajstić information content (AvgIpc) is 2.88. The predicted octanol–water partition coefficient (Wildman–Crippen LogP) is 2.16. The smallest absolute Gasteiger partial charge is 0.345 e. The molecule has 0 bridgehead atoms. The molecule has 0 N–H and O–H groups in total. The first-order valence-electron chi connectivity index (χ1n) is 5.21. The molecule has 1 aromatic heterocycles. The molecule has 0 saturated carbocycles. The molecule has 100 valence electrons. The van der Waals surface area contributed by atoms with Crippen LogP contribution in [0, 0.1) is 0 Å². The fourth-order valence-electron chi connectivity index (χ4n) is 1.21. The maximum Gasteiger partial charge on any atom is 0.345 e. The van der Waals surface area contributed by atoms with E-state index in [4.69, 9.17) is 32.7 Å². The minimum Gasteiger partial charge on any atom is -0.480 e. The van der Waals surface area contributed by atoms with Crippen LogP contribution in [0.5, 0.6) is 5.75 Å². The molecule has 0 fully saturated rings. The van der Waals surface area contributed by atoms with E-state index in [0.717, 1.165) is 0 Å². The Morgan fingerprint density at radius 2 is 2.21 bits per heavy atom. The molecule has 6 nitrogen and oxygen atoms in total. The number of esters is 1. The molecule has 0 unspecified atom stereocenters. The summed E-state index contributed by atoms with van der Waals surface area (Å²) in [6.07, 6.45) is 2.78. The van der Waals surface area contributed by atoms with Gasteiger partial charge in [0.1, 0.15) is 18.4 Å². The molecule has 0 atom stereocenters. The molecule has 8 heteroatoms. The summed E-state index contributed by atoms with van der Waals surface area (Å²) in [6.45, 7) is -0.271. The molecule has 19 heavy (non-hydrogen) atoms. The standard InChI is InChI=1S/C11H9Cl2N3O3/c12-8-1-2-10(9(13)3-8)18-4-11(17)19-7-16-6-14-5-15-16/h1-3,5-6H,4,7H2. The zero-order valence-electron chi connectivity index (χ0n) is 9.62.